The van der Waals surface area contributed by atoms with E-state index in [1.807, 2.05) is 7.05 Å². The van der Waals surface area contributed by atoms with Crippen molar-refractivity contribution in [2.24, 2.45) is 0 Å². The quantitative estimate of drug-likeness (QED) is 0.817. The van der Waals surface area contributed by atoms with Crippen LogP contribution < -0.4 is 5.32 Å². The Bertz CT molecular complexity index is 315. The van der Waals surface area contributed by atoms with Gasteiger partial charge in [-0.2, -0.15) is 5.10 Å². The molecule has 0 fully saturated rings. The lowest BCUT2D eigenvalue weighted by Gasteiger charge is -2.23. The maximum absolute atomic E-state index is 4.65. The van der Waals surface area contributed by atoms with Crippen molar-refractivity contribution in [3.05, 3.63) is 11.6 Å². The van der Waals surface area contributed by atoms with Gasteiger partial charge in [0.25, 0.3) is 0 Å². The number of rotatable bonds is 3. The second-order valence-corrected chi connectivity index (χ2v) is 4.47. The molecular weight excluding hydrogens is 188 g/mol. The summed E-state index contributed by atoms with van der Waals surface area (Å²) < 4.78 is 2.07. The van der Waals surface area contributed by atoms with E-state index in [1.54, 1.807) is 0 Å². The second-order valence-electron chi connectivity index (χ2n) is 4.47. The van der Waals surface area contributed by atoms with Gasteiger partial charge in [0.15, 0.2) is 5.82 Å². The molecule has 1 N–H and O–H groups in total. The van der Waals surface area contributed by atoms with Crippen LogP contribution in [0.1, 0.15) is 44.8 Å². The topological polar surface area (TPSA) is 42.7 Å². The van der Waals surface area contributed by atoms with Crippen LogP contribution in [0.25, 0.3) is 0 Å². The Kier molecular flexibility index (Phi) is 2.78. The standard InChI is InChI=1S/C11H20N4/c1-4-11(2,12-3)10-13-9-7-5-6-8-15(9)14-10/h12H,4-8H2,1-3H3. The molecule has 1 unspecified atom stereocenters. The fraction of sp³-hybridized carbons (Fsp3) is 0.818. The highest BCUT2D eigenvalue weighted by molar-refractivity contribution is 5.06. The molecule has 0 saturated carbocycles. The Labute approximate surface area is 91.1 Å². The number of aromatic nitrogens is 3. The summed E-state index contributed by atoms with van der Waals surface area (Å²) in [5, 5.41) is 7.92. The van der Waals surface area contributed by atoms with Crippen LogP contribution in [-0.4, -0.2) is 21.8 Å². The minimum absolute atomic E-state index is 0.0790. The molecule has 1 aromatic rings. The molecule has 0 aliphatic carbocycles. The summed E-state index contributed by atoms with van der Waals surface area (Å²) >= 11 is 0. The third-order valence-corrected chi connectivity index (χ3v) is 3.52. The molecule has 2 heterocycles. The van der Waals surface area contributed by atoms with Gasteiger partial charge in [-0.3, -0.25) is 0 Å². The van der Waals surface area contributed by atoms with Crippen LogP contribution in [0.2, 0.25) is 0 Å². The first kappa shape index (κ1) is 10.6. The van der Waals surface area contributed by atoms with E-state index in [4.69, 9.17) is 0 Å². The summed E-state index contributed by atoms with van der Waals surface area (Å²) in [7, 11) is 1.98. The monoisotopic (exact) mass is 208 g/mol. The smallest absolute Gasteiger partial charge is 0.170 e. The van der Waals surface area contributed by atoms with Gasteiger partial charge in [0.2, 0.25) is 0 Å². The van der Waals surface area contributed by atoms with Crippen molar-refractivity contribution in [1.82, 2.24) is 20.1 Å². The highest BCUT2D eigenvalue weighted by Gasteiger charge is 2.28. The number of aryl methyl sites for hydroxylation is 2. The Morgan fingerprint density at radius 2 is 2.27 bits per heavy atom. The van der Waals surface area contributed by atoms with Gasteiger partial charge in [0.05, 0.1) is 5.54 Å². The molecule has 0 radical (unpaired) electrons. The zero-order valence-corrected chi connectivity index (χ0v) is 9.88. The Balaban J connectivity index is 2.32. The van der Waals surface area contributed by atoms with E-state index < -0.39 is 0 Å². The molecule has 0 amide bonds. The van der Waals surface area contributed by atoms with E-state index in [0.717, 1.165) is 31.0 Å². The zero-order chi connectivity index (χ0) is 10.9. The van der Waals surface area contributed by atoms with Gasteiger partial charge < -0.3 is 5.32 Å². The van der Waals surface area contributed by atoms with Crippen molar-refractivity contribution >= 4 is 0 Å². The molecule has 4 nitrogen and oxygen atoms in total. The SMILES string of the molecule is CCC(C)(NC)c1nc2n(n1)CCCC2. The maximum atomic E-state index is 4.65. The highest BCUT2D eigenvalue weighted by atomic mass is 15.4. The predicted octanol–water partition coefficient (Wildman–Crippen LogP) is 1.46. The maximum Gasteiger partial charge on any atom is 0.170 e. The summed E-state index contributed by atoms with van der Waals surface area (Å²) in [5.74, 6) is 2.11. The van der Waals surface area contributed by atoms with Crippen molar-refractivity contribution in [3.8, 4) is 0 Å². The largest absolute Gasteiger partial charge is 0.308 e. The van der Waals surface area contributed by atoms with Crippen LogP contribution in [0.3, 0.4) is 0 Å². The van der Waals surface area contributed by atoms with Crippen molar-refractivity contribution in [1.29, 1.82) is 0 Å². The molecule has 1 aromatic heterocycles. The molecule has 4 heteroatoms. The van der Waals surface area contributed by atoms with E-state index in [-0.39, 0.29) is 5.54 Å². The van der Waals surface area contributed by atoms with Gasteiger partial charge in [0.1, 0.15) is 5.82 Å². The van der Waals surface area contributed by atoms with Gasteiger partial charge in [-0.1, -0.05) is 6.92 Å². The summed E-state index contributed by atoms with van der Waals surface area (Å²) in [4.78, 5) is 4.65. The fourth-order valence-electron chi connectivity index (χ4n) is 1.96. The molecule has 0 saturated heterocycles. The molecule has 1 atom stereocenters. The molecular formula is C11H20N4. The van der Waals surface area contributed by atoms with Gasteiger partial charge in [-0.05, 0) is 33.2 Å². The average Bonchev–Trinajstić information content (AvgIpc) is 2.72. The lowest BCUT2D eigenvalue weighted by molar-refractivity contribution is 0.359. The first-order valence-electron chi connectivity index (χ1n) is 5.82. The van der Waals surface area contributed by atoms with Crippen molar-refractivity contribution in [2.45, 2.75) is 51.6 Å². The first-order chi connectivity index (χ1) is 7.19. The van der Waals surface area contributed by atoms with Gasteiger partial charge in [-0.15, -0.1) is 0 Å². The molecule has 15 heavy (non-hydrogen) atoms. The number of nitrogens with one attached hydrogen (secondary N) is 1. The molecule has 2 rings (SSSR count). The number of fused-ring (bicyclic) bond motifs is 1. The number of hydrogen-bond acceptors (Lipinski definition) is 3. The van der Waals surface area contributed by atoms with Crippen LogP contribution >= 0.6 is 0 Å². The van der Waals surface area contributed by atoms with Crippen LogP contribution in [0.5, 0.6) is 0 Å². The zero-order valence-electron chi connectivity index (χ0n) is 9.88. The lowest BCUT2D eigenvalue weighted by atomic mass is 9.99. The number of hydrogen-bond donors (Lipinski definition) is 1. The van der Waals surface area contributed by atoms with Crippen molar-refractivity contribution in [3.63, 3.8) is 0 Å². The predicted molar refractivity (Wildman–Crippen MR) is 59.7 cm³/mol. The molecule has 1 aliphatic rings. The Morgan fingerprint density at radius 3 is 2.87 bits per heavy atom. The van der Waals surface area contributed by atoms with Crippen molar-refractivity contribution < 1.29 is 0 Å². The number of nitrogens with zero attached hydrogens (tertiary/aromatic N) is 3. The minimum Gasteiger partial charge on any atom is -0.308 e. The first-order valence-corrected chi connectivity index (χ1v) is 5.82. The molecule has 0 bridgehead atoms. The van der Waals surface area contributed by atoms with E-state index >= 15 is 0 Å². The molecule has 0 aromatic carbocycles. The normalized spacial score (nSPS) is 19.7. The summed E-state index contributed by atoms with van der Waals surface area (Å²) in [5.41, 5.74) is -0.0790. The van der Waals surface area contributed by atoms with E-state index in [2.05, 4.69) is 33.9 Å². The van der Waals surface area contributed by atoms with Crippen LogP contribution in [0, 0.1) is 0 Å². The Hall–Kier alpha value is -0.900. The summed E-state index contributed by atoms with van der Waals surface area (Å²) in [6.45, 7) is 5.36. The summed E-state index contributed by atoms with van der Waals surface area (Å²) in [6, 6.07) is 0. The fourth-order valence-corrected chi connectivity index (χ4v) is 1.96. The minimum atomic E-state index is -0.0790. The van der Waals surface area contributed by atoms with Gasteiger partial charge >= 0.3 is 0 Å². The van der Waals surface area contributed by atoms with Crippen LogP contribution in [0.15, 0.2) is 0 Å². The van der Waals surface area contributed by atoms with E-state index in [0.29, 0.717) is 0 Å². The van der Waals surface area contributed by atoms with Gasteiger partial charge in [-0.25, -0.2) is 9.67 Å². The molecule has 84 valence electrons. The van der Waals surface area contributed by atoms with Crippen LogP contribution in [-0.2, 0) is 18.5 Å². The van der Waals surface area contributed by atoms with Crippen molar-refractivity contribution in [2.75, 3.05) is 7.05 Å². The van der Waals surface area contributed by atoms with E-state index in [1.165, 1.54) is 12.8 Å². The highest BCUT2D eigenvalue weighted by Crippen LogP contribution is 2.22. The third kappa shape index (κ3) is 1.78. The van der Waals surface area contributed by atoms with Gasteiger partial charge in [0, 0.05) is 13.0 Å². The average molecular weight is 208 g/mol. The van der Waals surface area contributed by atoms with Crippen LogP contribution in [0.4, 0.5) is 0 Å². The van der Waals surface area contributed by atoms with E-state index in [9.17, 15) is 0 Å². The molecule has 0 spiro atoms. The lowest BCUT2D eigenvalue weighted by Crippen LogP contribution is -2.37. The second kappa shape index (κ2) is 3.93. The Morgan fingerprint density at radius 1 is 1.47 bits per heavy atom. The third-order valence-electron chi connectivity index (χ3n) is 3.52. The molecule has 1 aliphatic heterocycles. The summed E-state index contributed by atoms with van der Waals surface area (Å²) in [6.07, 6.45) is 4.57.